The van der Waals surface area contributed by atoms with Crippen molar-refractivity contribution in [3.05, 3.63) is 12.2 Å². The molecule has 12 atom stereocenters. The Morgan fingerprint density at radius 3 is 2.52 bits per heavy atom. The number of aliphatic hydroxyl groups excluding tert-OH is 2. The van der Waals surface area contributed by atoms with Crippen molar-refractivity contribution in [2.45, 2.75) is 103 Å². The topological polar surface area (TPSA) is 58.9 Å². The molecule has 0 aromatic heterocycles. The maximum atomic E-state index is 10.5. The van der Waals surface area contributed by atoms with Crippen molar-refractivity contribution in [1.29, 1.82) is 0 Å². The molecule has 0 radical (unpaired) electrons. The molecule has 4 nitrogen and oxygen atoms in total. The summed E-state index contributed by atoms with van der Waals surface area (Å²) in [5.41, 5.74) is 1.72. The lowest BCUT2D eigenvalue weighted by Crippen LogP contribution is -2.57. The molecular weight excluding hydrogens is 388 g/mol. The molecule has 174 valence electrons. The van der Waals surface area contributed by atoms with Crippen molar-refractivity contribution in [1.82, 2.24) is 0 Å². The molecular formula is C27H42O4. The van der Waals surface area contributed by atoms with Crippen LogP contribution in [-0.2, 0) is 9.47 Å². The highest BCUT2D eigenvalue weighted by atomic mass is 16.7. The summed E-state index contributed by atoms with van der Waals surface area (Å²) in [6.07, 6.45) is 9.08. The predicted octanol–water partition coefficient (Wildman–Crippen LogP) is 4.68. The third kappa shape index (κ3) is 2.74. The third-order valence-corrected chi connectivity index (χ3v) is 11.7. The van der Waals surface area contributed by atoms with E-state index in [9.17, 15) is 10.2 Å². The molecule has 4 heteroatoms. The monoisotopic (exact) mass is 430 g/mol. The molecule has 0 unspecified atom stereocenters. The molecule has 4 saturated carbocycles. The third-order valence-electron chi connectivity index (χ3n) is 11.7. The summed E-state index contributed by atoms with van der Waals surface area (Å²) in [4.78, 5) is 0. The number of ether oxygens (including phenoxy) is 2. The first-order valence-corrected chi connectivity index (χ1v) is 13.0. The predicted molar refractivity (Wildman–Crippen MR) is 119 cm³/mol. The van der Waals surface area contributed by atoms with Crippen molar-refractivity contribution in [3.8, 4) is 0 Å². The van der Waals surface area contributed by atoms with Gasteiger partial charge in [-0.25, -0.2) is 0 Å². The first kappa shape index (κ1) is 21.1. The standard InChI is InChI=1S/C27H42O4/c1-15-7-10-27(30-14-15)16(2)24-23(31-27)12-20-18-6-5-17-11-21(28)22(29)13-26(17,4)19(18)8-9-25(20,24)3/h16-24,28-29H,1,5-14H2,2-4H3/t16-,17-,18+,19+,20+,21+,22+,23-,24-,25-,26-,27+/m0/s1. The second-order valence-electron chi connectivity index (χ2n) is 12.8. The highest BCUT2D eigenvalue weighted by Crippen LogP contribution is 2.71. The maximum absolute atomic E-state index is 10.5. The van der Waals surface area contributed by atoms with Gasteiger partial charge in [-0.1, -0.05) is 32.9 Å². The normalized spacial score (nSPS) is 60.9. The van der Waals surface area contributed by atoms with Crippen LogP contribution in [-0.4, -0.2) is 40.9 Å². The first-order valence-electron chi connectivity index (χ1n) is 13.0. The number of rotatable bonds is 0. The highest BCUT2D eigenvalue weighted by Gasteiger charge is 2.69. The Balaban J connectivity index is 1.27. The van der Waals surface area contributed by atoms with Crippen molar-refractivity contribution in [3.63, 3.8) is 0 Å². The molecule has 2 aliphatic heterocycles. The van der Waals surface area contributed by atoms with Crippen molar-refractivity contribution in [2.24, 2.45) is 46.3 Å². The largest absolute Gasteiger partial charge is 0.390 e. The minimum absolute atomic E-state index is 0.182. The molecule has 2 heterocycles. The van der Waals surface area contributed by atoms with Gasteiger partial charge >= 0.3 is 0 Å². The number of fused-ring (bicyclic) bond motifs is 7. The second-order valence-corrected chi connectivity index (χ2v) is 12.8. The van der Waals surface area contributed by atoms with Gasteiger partial charge in [-0.2, -0.15) is 0 Å². The molecule has 0 bridgehead atoms. The number of hydrogen-bond donors (Lipinski definition) is 2. The Hall–Kier alpha value is -0.420. The summed E-state index contributed by atoms with van der Waals surface area (Å²) in [5, 5.41) is 20.9. The zero-order valence-corrected chi connectivity index (χ0v) is 19.7. The van der Waals surface area contributed by atoms with Crippen LogP contribution in [0.15, 0.2) is 12.2 Å². The van der Waals surface area contributed by atoms with Crippen LogP contribution in [0.1, 0.15) is 78.6 Å². The van der Waals surface area contributed by atoms with Gasteiger partial charge in [-0.05, 0) is 91.8 Å². The SMILES string of the molecule is C=C1CC[C@@]2(OC1)O[C@H]1C[C@@H]3[C@@H]4CC[C@H]5C[C@@H](O)[C@H](O)C[C@]5(C)[C@@H]4CC[C@]3(C)[C@H]1[C@@H]2C. The summed E-state index contributed by atoms with van der Waals surface area (Å²) in [5.74, 6) is 3.37. The van der Waals surface area contributed by atoms with Crippen LogP contribution in [0.4, 0.5) is 0 Å². The Morgan fingerprint density at radius 2 is 1.77 bits per heavy atom. The maximum Gasteiger partial charge on any atom is 0.172 e. The fourth-order valence-electron chi connectivity index (χ4n) is 10.1. The molecule has 6 fully saturated rings. The summed E-state index contributed by atoms with van der Waals surface area (Å²) < 4.78 is 13.2. The lowest BCUT2D eigenvalue weighted by Gasteiger charge is -2.61. The molecule has 6 rings (SSSR count). The Bertz CT molecular complexity index is 754. The van der Waals surface area contributed by atoms with Crippen molar-refractivity contribution in [2.75, 3.05) is 6.61 Å². The van der Waals surface area contributed by atoms with Gasteiger partial charge in [-0.15, -0.1) is 0 Å². The van der Waals surface area contributed by atoms with E-state index in [0.717, 1.165) is 37.5 Å². The van der Waals surface area contributed by atoms with E-state index < -0.39 is 12.2 Å². The zero-order chi connectivity index (χ0) is 21.8. The smallest absolute Gasteiger partial charge is 0.172 e. The van der Waals surface area contributed by atoms with Crippen LogP contribution in [0.5, 0.6) is 0 Å². The van der Waals surface area contributed by atoms with Crippen LogP contribution < -0.4 is 0 Å². The van der Waals surface area contributed by atoms with E-state index in [2.05, 4.69) is 27.4 Å². The van der Waals surface area contributed by atoms with Gasteiger partial charge in [0.1, 0.15) is 0 Å². The van der Waals surface area contributed by atoms with Crippen LogP contribution in [0.3, 0.4) is 0 Å². The quantitative estimate of drug-likeness (QED) is 0.548. The van der Waals surface area contributed by atoms with Gasteiger partial charge in [0.2, 0.25) is 0 Å². The van der Waals surface area contributed by atoms with Crippen LogP contribution in [0.25, 0.3) is 0 Å². The van der Waals surface area contributed by atoms with Crippen molar-refractivity contribution < 1.29 is 19.7 Å². The van der Waals surface area contributed by atoms with E-state index in [-0.39, 0.29) is 11.2 Å². The molecule has 4 aliphatic carbocycles. The molecule has 0 aromatic rings. The summed E-state index contributed by atoms with van der Waals surface area (Å²) >= 11 is 0. The number of aliphatic hydroxyl groups is 2. The summed E-state index contributed by atoms with van der Waals surface area (Å²) in [6, 6.07) is 0. The van der Waals surface area contributed by atoms with Crippen molar-refractivity contribution >= 4 is 0 Å². The van der Waals surface area contributed by atoms with E-state index >= 15 is 0 Å². The molecule has 0 aromatic carbocycles. The van der Waals surface area contributed by atoms with Gasteiger partial charge < -0.3 is 19.7 Å². The summed E-state index contributed by atoms with van der Waals surface area (Å²) in [6.45, 7) is 12.2. The molecule has 0 amide bonds. The molecule has 1 spiro atoms. The van der Waals surface area contributed by atoms with E-state index in [4.69, 9.17) is 9.47 Å². The minimum Gasteiger partial charge on any atom is -0.390 e. The average molecular weight is 431 g/mol. The highest BCUT2D eigenvalue weighted by molar-refractivity contribution is 5.16. The van der Waals surface area contributed by atoms with E-state index in [1.165, 1.54) is 37.7 Å². The van der Waals surface area contributed by atoms with Gasteiger partial charge in [-0.3, -0.25) is 0 Å². The Morgan fingerprint density at radius 1 is 0.968 bits per heavy atom. The number of hydrogen-bond acceptors (Lipinski definition) is 4. The van der Waals surface area contributed by atoms with E-state index in [1.54, 1.807) is 0 Å². The van der Waals surface area contributed by atoms with Gasteiger partial charge in [0.15, 0.2) is 5.79 Å². The zero-order valence-electron chi connectivity index (χ0n) is 19.7. The first-order chi connectivity index (χ1) is 14.7. The Kier molecular flexibility index (Phi) is 4.64. The molecule has 2 N–H and O–H groups in total. The van der Waals surface area contributed by atoms with Gasteiger partial charge in [0, 0.05) is 12.3 Å². The van der Waals surface area contributed by atoms with E-state index in [1.807, 2.05) is 0 Å². The molecule has 2 saturated heterocycles. The van der Waals surface area contributed by atoms with E-state index in [0.29, 0.717) is 41.8 Å². The fourth-order valence-corrected chi connectivity index (χ4v) is 10.1. The Labute approximate surface area is 187 Å². The second kappa shape index (κ2) is 6.81. The van der Waals surface area contributed by atoms with Gasteiger partial charge in [0.25, 0.3) is 0 Å². The lowest BCUT2D eigenvalue weighted by atomic mass is 9.44. The molecule has 6 aliphatic rings. The lowest BCUT2D eigenvalue weighted by molar-refractivity contribution is -0.256. The average Bonchev–Trinajstić information content (AvgIpc) is 3.16. The summed E-state index contributed by atoms with van der Waals surface area (Å²) in [7, 11) is 0. The minimum atomic E-state index is -0.544. The fraction of sp³-hybridized carbons (Fsp3) is 0.926. The van der Waals surface area contributed by atoms with Crippen LogP contribution >= 0.6 is 0 Å². The van der Waals surface area contributed by atoms with Gasteiger partial charge in [0.05, 0.1) is 24.9 Å². The van der Waals surface area contributed by atoms with Crippen LogP contribution in [0, 0.1) is 46.3 Å². The molecule has 31 heavy (non-hydrogen) atoms. The van der Waals surface area contributed by atoms with Crippen LogP contribution in [0.2, 0.25) is 0 Å².